The molecule has 2 amide bonds. The number of nitrogens with zero attached hydrogens (tertiary/aromatic N) is 2. The molecule has 1 heterocycles. The van der Waals surface area contributed by atoms with Gasteiger partial charge in [-0.2, -0.15) is 0 Å². The first kappa shape index (κ1) is 20.0. The lowest BCUT2D eigenvalue weighted by Crippen LogP contribution is -2.52. The fourth-order valence-corrected chi connectivity index (χ4v) is 3.40. The summed E-state index contributed by atoms with van der Waals surface area (Å²) in [5, 5.41) is 2.97. The average Bonchev–Trinajstić information content (AvgIpc) is 2.70. The molecule has 1 fully saturated rings. The molecular weight excluding hydrogens is 357 g/mol. The fraction of sp³-hybridized carbons (Fsp3) is 0.409. The van der Waals surface area contributed by atoms with Gasteiger partial charge in [0.15, 0.2) is 0 Å². The molecule has 0 atom stereocenters. The van der Waals surface area contributed by atoms with Gasteiger partial charge in [0.25, 0.3) is 0 Å². The van der Waals surface area contributed by atoms with Crippen molar-refractivity contribution >= 4 is 11.7 Å². The lowest BCUT2D eigenvalue weighted by molar-refractivity contribution is 0.193. The predicted molar refractivity (Wildman–Crippen MR) is 110 cm³/mol. The molecule has 0 spiro atoms. The van der Waals surface area contributed by atoms with Gasteiger partial charge in [-0.3, -0.25) is 0 Å². The Hall–Kier alpha value is -2.76. The average molecular weight is 385 g/mol. The molecule has 0 bridgehead atoms. The number of para-hydroxylation sites is 1. The van der Waals surface area contributed by atoms with Crippen molar-refractivity contribution in [1.82, 2.24) is 10.2 Å². The number of anilines is 1. The van der Waals surface area contributed by atoms with E-state index in [1.54, 1.807) is 12.1 Å². The van der Waals surface area contributed by atoms with Crippen molar-refractivity contribution in [1.29, 1.82) is 0 Å². The number of amides is 2. The summed E-state index contributed by atoms with van der Waals surface area (Å²) in [7, 11) is 0. The summed E-state index contributed by atoms with van der Waals surface area (Å²) in [5.41, 5.74) is 3.25. The Morgan fingerprint density at radius 2 is 1.68 bits per heavy atom. The van der Waals surface area contributed by atoms with Gasteiger partial charge in [-0.25, -0.2) is 9.18 Å². The van der Waals surface area contributed by atoms with E-state index in [2.05, 4.69) is 10.2 Å². The minimum Gasteiger partial charge on any atom is -0.493 e. The number of ether oxygens (including phenoxy) is 1. The molecule has 28 heavy (non-hydrogen) atoms. The van der Waals surface area contributed by atoms with Crippen LogP contribution in [-0.2, 0) is 0 Å². The predicted octanol–water partition coefficient (Wildman–Crippen LogP) is 3.74. The Labute approximate surface area is 166 Å². The molecule has 0 aromatic heterocycles. The minimum absolute atomic E-state index is 0.0363. The fourth-order valence-electron chi connectivity index (χ4n) is 3.40. The molecule has 0 radical (unpaired) electrons. The zero-order chi connectivity index (χ0) is 19.9. The number of hydrogen-bond donors (Lipinski definition) is 1. The van der Waals surface area contributed by atoms with Crippen LogP contribution >= 0.6 is 0 Å². The van der Waals surface area contributed by atoms with E-state index in [9.17, 15) is 9.18 Å². The second-order valence-corrected chi connectivity index (χ2v) is 7.11. The van der Waals surface area contributed by atoms with E-state index >= 15 is 0 Å². The van der Waals surface area contributed by atoms with Gasteiger partial charge in [-0.1, -0.05) is 18.2 Å². The maximum atomic E-state index is 13.0. The lowest BCUT2D eigenvalue weighted by Gasteiger charge is -2.36. The smallest absolute Gasteiger partial charge is 0.317 e. The number of piperazine rings is 1. The van der Waals surface area contributed by atoms with Crippen LogP contribution < -0.4 is 15.0 Å². The monoisotopic (exact) mass is 385 g/mol. The maximum Gasteiger partial charge on any atom is 0.317 e. The maximum absolute atomic E-state index is 13.0. The summed E-state index contributed by atoms with van der Waals surface area (Å²) < 4.78 is 18.9. The molecule has 1 aliphatic rings. The van der Waals surface area contributed by atoms with E-state index in [1.165, 1.54) is 12.1 Å². The van der Waals surface area contributed by atoms with Crippen LogP contribution in [0.2, 0.25) is 0 Å². The van der Waals surface area contributed by atoms with E-state index in [-0.39, 0.29) is 11.8 Å². The first-order valence-corrected chi connectivity index (χ1v) is 9.77. The first-order valence-electron chi connectivity index (χ1n) is 9.77. The molecule has 3 rings (SSSR count). The number of rotatable bonds is 6. The van der Waals surface area contributed by atoms with E-state index < -0.39 is 0 Å². The van der Waals surface area contributed by atoms with E-state index in [0.717, 1.165) is 42.1 Å². The van der Waals surface area contributed by atoms with E-state index in [1.807, 2.05) is 36.9 Å². The zero-order valence-electron chi connectivity index (χ0n) is 16.6. The van der Waals surface area contributed by atoms with Gasteiger partial charge in [-0.05, 0) is 55.7 Å². The van der Waals surface area contributed by atoms with Gasteiger partial charge >= 0.3 is 6.03 Å². The van der Waals surface area contributed by atoms with Gasteiger partial charge in [0.05, 0.1) is 6.61 Å². The van der Waals surface area contributed by atoms with Crippen LogP contribution in [0.4, 0.5) is 14.9 Å². The quantitative estimate of drug-likeness (QED) is 0.771. The zero-order valence-corrected chi connectivity index (χ0v) is 16.6. The summed E-state index contributed by atoms with van der Waals surface area (Å²) in [6, 6.07) is 12.6. The van der Waals surface area contributed by atoms with Crippen LogP contribution in [0.25, 0.3) is 0 Å². The van der Waals surface area contributed by atoms with Crippen molar-refractivity contribution in [2.75, 3.05) is 44.2 Å². The van der Waals surface area contributed by atoms with Crippen molar-refractivity contribution in [2.45, 2.75) is 20.3 Å². The SMILES string of the molecule is Cc1cccc(C)c1OCCCNC(=O)N1CCN(c2ccc(F)cc2)CC1. The van der Waals surface area contributed by atoms with Crippen LogP contribution in [0, 0.1) is 19.7 Å². The Morgan fingerprint density at radius 3 is 2.32 bits per heavy atom. The van der Waals surface area contributed by atoms with Gasteiger partial charge in [0.1, 0.15) is 11.6 Å². The Kier molecular flexibility index (Phi) is 6.74. The molecule has 5 nitrogen and oxygen atoms in total. The number of carbonyl (C=O) groups excluding carboxylic acids is 1. The molecule has 150 valence electrons. The first-order chi connectivity index (χ1) is 13.5. The summed E-state index contributed by atoms with van der Waals surface area (Å²) in [6.07, 6.45) is 0.759. The molecule has 2 aromatic rings. The molecule has 0 aliphatic carbocycles. The number of aryl methyl sites for hydroxylation is 2. The van der Waals surface area contributed by atoms with Crippen molar-refractivity contribution < 1.29 is 13.9 Å². The molecular formula is C22H28FN3O2. The van der Waals surface area contributed by atoms with Gasteiger partial charge in [0.2, 0.25) is 0 Å². The normalized spacial score (nSPS) is 14.1. The number of halogens is 1. The molecule has 0 unspecified atom stereocenters. The Balaban J connectivity index is 1.35. The van der Waals surface area contributed by atoms with Crippen LogP contribution in [0.5, 0.6) is 5.75 Å². The van der Waals surface area contributed by atoms with Gasteiger partial charge < -0.3 is 19.9 Å². The van der Waals surface area contributed by atoms with E-state index in [4.69, 9.17) is 4.74 Å². The van der Waals surface area contributed by atoms with Crippen LogP contribution in [0.3, 0.4) is 0 Å². The van der Waals surface area contributed by atoms with Crippen LogP contribution in [0.15, 0.2) is 42.5 Å². The summed E-state index contributed by atoms with van der Waals surface area (Å²) in [6.45, 7) is 8.03. The highest BCUT2D eigenvalue weighted by Gasteiger charge is 2.20. The van der Waals surface area contributed by atoms with E-state index in [0.29, 0.717) is 26.2 Å². The van der Waals surface area contributed by atoms with Crippen molar-refractivity contribution in [3.05, 3.63) is 59.4 Å². The molecule has 2 aromatic carbocycles. The number of nitrogens with one attached hydrogen (secondary N) is 1. The van der Waals surface area contributed by atoms with Crippen molar-refractivity contribution in [2.24, 2.45) is 0 Å². The highest BCUT2D eigenvalue weighted by molar-refractivity contribution is 5.74. The third-order valence-corrected chi connectivity index (χ3v) is 5.01. The topological polar surface area (TPSA) is 44.8 Å². The molecule has 1 N–H and O–H groups in total. The second-order valence-electron chi connectivity index (χ2n) is 7.11. The van der Waals surface area contributed by atoms with Gasteiger partial charge in [-0.15, -0.1) is 0 Å². The number of carbonyl (C=O) groups is 1. The number of urea groups is 1. The summed E-state index contributed by atoms with van der Waals surface area (Å²) >= 11 is 0. The summed E-state index contributed by atoms with van der Waals surface area (Å²) in [5.74, 6) is 0.703. The largest absolute Gasteiger partial charge is 0.493 e. The van der Waals surface area contributed by atoms with Gasteiger partial charge in [0, 0.05) is 38.4 Å². The molecule has 1 aliphatic heterocycles. The molecule has 1 saturated heterocycles. The highest BCUT2D eigenvalue weighted by Crippen LogP contribution is 2.22. The highest BCUT2D eigenvalue weighted by atomic mass is 19.1. The van der Waals surface area contributed by atoms with Crippen molar-refractivity contribution in [3.63, 3.8) is 0 Å². The molecule has 6 heteroatoms. The van der Waals surface area contributed by atoms with Crippen molar-refractivity contribution in [3.8, 4) is 5.75 Å². The summed E-state index contributed by atoms with van der Waals surface area (Å²) in [4.78, 5) is 16.3. The standard InChI is InChI=1S/C22H28FN3O2/c1-17-5-3-6-18(2)21(17)28-16-4-11-24-22(27)26-14-12-25(13-15-26)20-9-7-19(23)8-10-20/h3,5-10H,4,11-16H2,1-2H3,(H,24,27). The number of benzene rings is 2. The van der Waals surface area contributed by atoms with Crippen LogP contribution in [0.1, 0.15) is 17.5 Å². The minimum atomic E-state index is -0.233. The third kappa shape index (κ3) is 5.15. The molecule has 0 saturated carbocycles. The lowest BCUT2D eigenvalue weighted by atomic mass is 10.1. The Morgan fingerprint density at radius 1 is 1.04 bits per heavy atom. The van der Waals surface area contributed by atoms with Crippen LogP contribution in [-0.4, -0.2) is 50.3 Å². The third-order valence-electron chi connectivity index (χ3n) is 5.01. The second kappa shape index (κ2) is 9.44. The Bertz CT molecular complexity index is 767. The number of hydrogen-bond acceptors (Lipinski definition) is 3.